The lowest BCUT2D eigenvalue weighted by Gasteiger charge is -2.31. The van der Waals surface area contributed by atoms with E-state index in [9.17, 15) is 13.2 Å². The van der Waals surface area contributed by atoms with E-state index in [0.29, 0.717) is 28.6 Å². The highest BCUT2D eigenvalue weighted by molar-refractivity contribution is 7.99. The molecular weight excluding hydrogens is 544 g/mol. The molecule has 0 spiro atoms. The summed E-state index contributed by atoms with van der Waals surface area (Å²) in [6, 6.07) is 21.5. The number of thioether (sulfide) groups is 1. The predicted molar refractivity (Wildman–Crippen MR) is 149 cm³/mol. The zero-order valence-electron chi connectivity index (χ0n) is 20.3. The van der Waals surface area contributed by atoms with Gasteiger partial charge in [0.05, 0.1) is 36.5 Å². The SMILES string of the molecule is CCOc1ccc(NC(=O)CSc2ncc3c(n2)-c2cc(Cl)ccc2N(Cc2ccccc2)S3(=O)=O)cc1. The number of halogens is 1. The van der Waals surface area contributed by atoms with Crippen LogP contribution in [0.2, 0.25) is 5.02 Å². The van der Waals surface area contributed by atoms with Gasteiger partial charge in [-0.05, 0) is 55.0 Å². The molecule has 0 saturated heterocycles. The van der Waals surface area contributed by atoms with Gasteiger partial charge in [0.2, 0.25) is 5.91 Å². The average Bonchev–Trinajstić information content (AvgIpc) is 2.92. The number of aromatic nitrogens is 2. The van der Waals surface area contributed by atoms with Crippen LogP contribution >= 0.6 is 23.4 Å². The molecule has 1 amide bonds. The van der Waals surface area contributed by atoms with Gasteiger partial charge in [-0.3, -0.25) is 9.10 Å². The van der Waals surface area contributed by atoms with Crippen LogP contribution in [0.4, 0.5) is 11.4 Å². The van der Waals surface area contributed by atoms with E-state index in [1.807, 2.05) is 37.3 Å². The van der Waals surface area contributed by atoms with E-state index in [0.717, 1.165) is 23.1 Å². The lowest BCUT2D eigenvalue weighted by Crippen LogP contribution is -2.34. The van der Waals surface area contributed by atoms with Crippen molar-refractivity contribution >= 4 is 50.7 Å². The topological polar surface area (TPSA) is 101 Å². The summed E-state index contributed by atoms with van der Waals surface area (Å²) in [5.41, 5.74) is 2.80. The first-order chi connectivity index (χ1) is 18.3. The van der Waals surface area contributed by atoms with Crippen LogP contribution in [0, 0.1) is 0 Å². The molecule has 1 aromatic heterocycles. The Morgan fingerprint density at radius 1 is 1.08 bits per heavy atom. The lowest BCUT2D eigenvalue weighted by molar-refractivity contribution is -0.113. The minimum absolute atomic E-state index is 0.00797. The third kappa shape index (κ3) is 5.47. The first-order valence-corrected chi connectivity index (χ1v) is 14.5. The van der Waals surface area contributed by atoms with Gasteiger partial charge >= 0.3 is 0 Å². The molecule has 0 unspecified atom stereocenters. The first-order valence-electron chi connectivity index (χ1n) is 11.7. The molecule has 0 fully saturated rings. The Bertz CT molecular complexity index is 1580. The smallest absolute Gasteiger partial charge is 0.268 e. The van der Waals surface area contributed by atoms with Crippen molar-refractivity contribution in [2.75, 3.05) is 22.0 Å². The number of sulfonamides is 1. The normalized spacial score (nSPS) is 13.4. The third-order valence-corrected chi connectivity index (χ3v) is 8.59. The van der Waals surface area contributed by atoms with E-state index in [-0.39, 0.29) is 34.0 Å². The molecule has 0 bridgehead atoms. The second-order valence-corrected chi connectivity index (χ2v) is 11.5. The molecular formula is C27H23ClN4O4S2. The van der Waals surface area contributed by atoms with Gasteiger partial charge in [-0.2, -0.15) is 0 Å². The average molecular weight is 567 g/mol. The second kappa shape index (κ2) is 11.0. The Hall–Kier alpha value is -3.60. The van der Waals surface area contributed by atoms with Crippen molar-refractivity contribution in [3.8, 4) is 17.0 Å². The molecule has 1 aliphatic heterocycles. The number of amides is 1. The zero-order chi connectivity index (χ0) is 26.7. The molecule has 4 aromatic rings. The van der Waals surface area contributed by atoms with Crippen LogP contribution in [0.1, 0.15) is 12.5 Å². The van der Waals surface area contributed by atoms with E-state index in [4.69, 9.17) is 16.3 Å². The lowest BCUT2D eigenvalue weighted by atomic mass is 10.1. The number of fused-ring (bicyclic) bond motifs is 3. The maximum Gasteiger partial charge on any atom is 0.268 e. The first kappa shape index (κ1) is 26.0. The summed E-state index contributed by atoms with van der Waals surface area (Å²) in [4.78, 5) is 21.3. The number of benzene rings is 3. The molecule has 0 saturated carbocycles. The molecule has 8 nitrogen and oxygen atoms in total. The molecule has 5 rings (SSSR count). The molecule has 194 valence electrons. The molecule has 0 radical (unpaired) electrons. The Labute approximate surface area is 230 Å². The largest absolute Gasteiger partial charge is 0.494 e. The fraction of sp³-hybridized carbons (Fsp3) is 0.148. The number of hydrogen-bond acceptors (Lipinski definition) is 7. The van der Waals surface area contributed by atoms with Gasteiger partial charge in [-0.15, -0.1) is 0 Å². The van der Waals surface area contributed by atoms with E-state index >= 15 is 0 Å². The van der Waals surface area contributed by atoms with Crippen molar-refractivity contribution in [2.45, 2.75) is 23.5 Å². The van der Waals surface area contributed by atoms with Gasteiger partial charge in [0.25, 0.3) is 10.0 Å². The molecule has 0 aliphatic carbocycles. The summed E-state index contributed by atoms with van der Waals surface area (Å²) in [5, 5.41) is 3.55. The highest BCUT2D eigenvalue weighted by atomic mass is 35.5. The number of ether oxygens (including phenoxy) is 1. The maximum atomic E-state index is 13.6. The number of carbonyl (C=O) groups excluding carboxylic acids is 1. The van der Waals surface area contributed by atoms with E-state index in [1.165, 1.54) is 10.5 Å². The van der Waals surface area contributed by atoms with E-state index in [2.05, 4.69) is 15.3 Å². The van der Waals surface area contributed by atoms with Crippen molar-refractivity contribution in [1.82, 2.24) is 9.97 Å². The number of anilines is 2. The van der Waals surface area contributed by atoms with Crippen LogP contribution in [0.25, 0.3) is 11.3 Å². The van der Waals surface area contributed by atoms with Crippen molar-refractivity contribution in [2.24, 2.45) is 0 Å². The van der Waals surface area contributed by atoms with Gasteiger partial charge < -0.3 is 10.1 Å². The molecule has 1 N–H and O–H groups in total. The van der Waals surface area contributed by atoms with E-state index < -0.39 is 10.0 Å². The zero-order valence-corrected chi connectivity index (χ0v) is 22.7. The van der Waals surface area contributed by atoms with Crippen molar-refractivity contribution < 1.29 is 17.9 Å². The van der Waals surface area contributed by atoms with Gasteiger partial charge in [0.1, 0.15) is 10.6 Å². The fourth-order valence-electron chi connectivity index (χ4n) is 4.02. The molecule has 2 heterocycles. The summed E-state index contributed by atoms with van der Waals surface area (Å²) in [5.74, 6) is 0.520. The number of nitrogens with one attached hydrogen (secondary N) is 1. The van der Waals surface area contributed by atoms with Crippen molar-refractivity contribution in [1.29, 1.82) is 0 Å². The minimum Gasteiger partial charge on any atom is -0.494 e. The fourth-order valence-corrected chi connectivity index (χ4v) is 6.37. The van der Waals surface area contributed by atoms with Gasteiger partial charge in [0.15, 0.2) is 5.16 Å². The van der Waals surface area contributed by atoms with Crippen LogP contribution in [-0.2, 0) is 21.4 Å². The Morgan fingerprint density at radius 2 is 1.84 bits per heavy atom. The van der Waals surface area contributed by atoms with Crippen molar-refractivity contribution in [3.63, 3.8) is 0 Å². The Balaban J connectivity index is 1.38. The van der Waals surface area contributed by atoms with Crippen LogP contribution in [0.3, 0.4) is 0 Å². The summed E-state index contributed by atoms with van der Waals surface area (Å²) < 4.78 is 34.0. The van der Waals surface area contributed by atoms with Gasteiger partial charge in [-0.25, -0.2) is 18.4 Å². The maximum absolute atomic E-state index is 13.6. The molecule has 38 heavy (non-hydrogen) atoms. The van der Waals surface area contributed by atoms with Crippen LogP contribution < -0.4 is 14.4 Å². The number of carbonyl (C=O) groups is 1. The number of hydrogen-bond donors (Lipinski definition) is 1. The van der Waals surface area contributed by atoms with Crippen LogP contribution in [0.15, 0.2) is 89.0 Å². The van der Waals surface area contributed by atoms with Gasteiger partial charge in [-0.1, -0.05) is 53.7 Å². The monoisotopic (exact) mass is 566 g/mol. The Kier molecular flexibility index (Phi) is 7.55. The predicted octanol–water partition coefficient (Wildman–Crippen LogP) is 5.64. The summed E-state index contributed by atoms with van der Waals surface area (Å²) in [6.07, 6.45) is 1.30. The summed E-state index contributed by atoms with van der Waals surface area (Å²) in [6.45, 7) is 2.62. The molecule has 0 atom stereocenters. The van der Waals surface area contributed by atoms with E-state index in [1.54, 1.807) is 42.5 Å². The minimum atomic E-state index is -3.94. The second-order valence-electron chi connectivity index (χ2n) is 8.32. The highest BCUT2D eigenvalue weighted by Gasteiger charge is 2.37. The Morgan fingerprint density at radius 3 is 2.58 bits per heavy atom. The standard InChI is InChI=1S/C27H23ClN4O4S2/c1-2-36-21-11-9-20(10-12-21)30-25(33)17-37-27-29-15-24-26(31-27)22-14-19(28)8-13-23(22)32(38(24,34)35)16-18-6-4-3-5-7-18/h3-15H,2,16-17H2,1H3,(H,30,33). The number of rotatable bonds is 8. The highest BCUT2D eigenvalue weighted by Crippen LogP contribution is 2.44. The molecule has 3 aromatic carbocycles. The quantitative estimate of drug-likeness (QED) is 0.218. The molecule has 1 aliphatic rings. The van der Waals surface area contributed by atoms with Crippen LogP contribution in [0.5, 0.6) is 5.75 Å². The van der Waals surface area contributed by atoms with Crippen molar-refractivity contribution in [3.05, 3.63) is 89.6 Å². The molecule has 11 heteroatoms. The van der Waals surface area contributed by atoms with Crippen LogP contribution in [-0.4, -0.2) is 36.7 Å². The summed E-state index contributed by atoms with van der Waals surface area (Å²) in [7, 11) is -3.94. The number of nitrogens with zero attached hydrogens (tertiary/aromatic N) is 3. The summed E-state index contributed by atoms with van der Waals surface area (Å²) >= 11 is 7.41. The van der Waals surface area contributed by atoms with Gasteiger partial charge in [0, 0.05) is 16.3 Å². The third-order valence-electron chi connectivity index (χ3n) is 5.73.